The van der Waals surface area contributed by atoms with Crippen LogP contribution >= 0.6 is 0 Å². The van der Waals surface area contributed by atoms with Crippen LogP contribution in [0, 0.1) is 0 Å². The van der Waals surface area contributed by atoms with E-state index in [2.05, 4.69) is 40.8 Å². The van der Waals surface area contributed by atoms with Gasteiger partial charge in [0, 0.05) is 44.0 Å². The number of nitrogens with zero attached hydrogens (tertiary/aromatic N) is 2. The van der Waals surface area contributed by atoms with Crippen molar-refractivity contribution in [1.82, 2.24) is 9.80 Å². The summed E-state index contributed by atoms with van der Waals surface area (Å²) in [5.74, 6) is -0.0490. The van der Waals surface area contributed by atoms with Crippen LogP contribution in [0.1, 0.15) is 34.8 Å². The third kappa shape index (κ3) is 8.32. The molecule has 0 aliphatic carbocycles. The molecule has 0 saturated heterocycles. The summed E-state index contributed by atoms with van der Waals surface area (Å²) in [6, 6.07) is 27.3. The van der Waals surface area contributed by atoms with Crippen LogP contribution in [0.5, 0.6) is 0 Å². The Labute approximate surface area is 203 Å². The largest absolute Gasteiger partial charge is 0.337 e. The molecule has 7 heteroatoms. The molecule has 0 saturated carbocycles. The molecular weight excluding hydrogens is 446 g/mol. The van der Waals surface area contributed by atoms with E-state index in [4.69, 9.17) is 0 Å². The van der Waals surface area contributed by atoms with Gasteiger partial charge in [0.25, 0.3) is 5.91 Å². The molecule has 6 nitrogen and oxygen atoms in total. The van der Waals surface area contributed by atoms with Crippen molar-refractivity contribution in [3.8, 4) is 0 Å². The molecule has 1 amide bonds. The maximum Gasteiger partial charge on any atom is 0.253 e. The molecule has 0 radical (unpaired) electrons. The monoisotopic (exact) mass is 479 g/mol. The average molecular weight is 480 g/mol. The van der Waals surface area contributed by atoms with Gasteiger partial charge in [-0.2, -0.15) is 0 Å². The summed E-state index contributed by atoms with van der Waals surface area (Å²) in [4.78, 5) is 17.5. The fourth-order valence-corrected chi connectivity index (χ4v) is 4.39. The second-order valence-corrected chi connectivity index (χ2v) is 10.2. The van der Waals surface area contributed by atoms with Crippen molar-refractivity contribution < 1.29 is 13.2 Å². The van der Waals surface area contributed by atoms with E-state index in [0.29, 0.717) is 24.3 Å². The standard InChI is InChI=1S/C27H33N3O3S/c1-3-18-30(27(31)25-14-16-26(17-15-25)28-34(2,32)33)20-19-29(21-23-10-6-4-7-11-23)22-24-12-8-5-9-13-24/h4-17,28H,3,18-22H2,1-2H3. The Balaban J connectivity index is 1.70. The summed E-state index contributed by atoms with van der Waals surface area (Å²) in [7, 11) is -3.36. The zero-order valence-electron chi connectivity index (χ0n) is 19.9. The minimum atomic E-state index is -3.36. The molecule has 0 spiro atoms. The molecular formula is C27H33N3O3S. The number of rotatable bonds is 12. The fraction of sp³-hybridized carbons (Fsp3) is 0.296. The van der Waals surface area contributed by atoms with Gasteiger partial charge in [-0.25, -0.2) is 8.42 Å². The molecule has 3 rings (SSSR count). The molecule has 0 aromatic heterocycles. The minimum Gasteiger partial charge on any atom is -0.337 e. The third-order valence-corrected chi connectivity index (χ3v) is 6.01. The van der Waals surface area contributed by atoms with Crippen LogP contribution in [0.15, 0.2) is 84.9 Å². The van der Waals surface area contributed by atoms with Gasteiger partial charge in [-0.15, -0.1) is 0 Å². The Morgan fingerprint density at radius 1 is 0.765 bits per heavy atom. The maximum absolute atomic E-state index is 13.2. The molecule has 0 aliphatic heterocycles. The van der Waals surface area contributed by atoms with Gasteiger partial charge in [0.05, 0.1) is 6.26 Å². The van der Waals surface area contributed by atoms with Crippen molar-refractivity contribution in [2.45, 2.75) is 26.4 Å². The summed E-state index contributed by atoms with van der Waals surface area (Å²) in [5.41, 5.74) is 3.46. The number of benzene rings is 3. The molecule has 0 fully saturated rings. The second kappa shape index (κ2) is 12.3. The van der Waals surface area contributed by atoms with Crippen LogP contribution in [0.3, 0.4) is 0 Å². The van der Waals surface area contributed by atoms with Crippen LogP contribution in [0.25, 0.3) is 0 Å². The summed E-state index contributed by atoms with van der Waals surface area (Å²) in [6.45, 7) is 5.67. The third-order valence-electron chi connectivity index (χ3n) is 5.40. The lowest BCUT2D eigenvalue weighted by Crippen LogP contribution is -2.39. The lowest BCUT2D eigenvalue weighted by atomic mass is 10.1. The molecule has 34 heavy (non-hydrogen) atoms. The Morgan fingerprint density at radius 3 is 1.76 bits per heavy atom. The highest BCUT2D eigenvalue weighted by atomic mass is 32.2. The molecule has 0 aliphatic rings. The first-order valence-electron chi connectivity index (χ1n) is 11.5. The molecule has 0 atom stereocenters. The van der Waals surface area contributed by atoms with Gasteiger partial charge < -0.3 is 4.90 Å². The second-order valence-electron chi connectivity index (χ2n) is 8.43. The number of hydrogen-bond donors (Lipinski definition) is 1. The Kier molecular flexibility index (Phi) is 9.24. The van der Waals surface area contributed by atoms with Gasteiger partial charge in [-0.1, -0.05) is 67.6 Å². The lowest BCUT2D eigenvalue weighted by Gasteiger charge is -2.28. The van der Waals surface area contributed by atoms with Gasteiger partial charge in [-0.3, -0.25) is 14.4 Å². The number of sulfonamides is 1. The van der Waals surface area contributed by atoms with Gasteiger partial charge in [0.1, 0.15) is 0 Å². The van der Waals surface area contributed by atoms with Gasteiger partial charge in [-0.05, 0) is 41.8 Å². The lowest BCUT2D eigenvalue weighted by molar-refractivity contribution is 0.0730. The van der Waals surface area contributed by atoms with E-state index in [9.17, 15) is 13.2 Å². The van der Waals surface area contributed by atoms with E-state index in [0.717, 1.165) is 32.3 Å². The number of hydrogen-bond acceptors (Lipinski definition) is 4. The highest BCUT2D eigenvalue weighted by Gasteiger charge is 2.17. The zero-order valence-corrected chi connectivity index (χ0v) is 20.7. The molecule has 0 heterocycles. The predicted octanol–water partition coefficient (Wildman–Crippen LogP) is 4.61. The van der Waals surface area contributed by atoms with Crippen molar-refractivity contribution in [3.63, 3.8) is 0 Å². The molecule has 0 unspecified atom stereocenters. The highest BCUT2D eigenvalue weighted by Crippen LogP contribution is 2.15. The van der Waals surface area contributed by atoms with Crippen LogP contribution < -0.4 is 4.72 Å². The summed E-state index contributed by atoms with van der Waals surface area (Å²) < 4.78 is 25.3. The molecule has 3 aromatic rings. The van der Waals surface area contributed by atoms with Gasteiger partial charge in [0.2, 0.25) is 10.0 Å². The predicted molar refractivity (Wildman–Crippen MR) is 138 cm³/mol. The summed E-state index contributed by atoms with van der Waals surface area (Å²) in [5, 5.41) is 0. The quantitative estimate of drug-likeness (QED) is 0.412. The number of carbonyl (C=O) groups is 1. The van der Waals surface area contributed by atoms with Crippen molar-refractivity contribution >= 4 is 21.6 Å². The maximum atomic E-state index is 13.2. The fourth-order valence-electron chi connectivity index (χ4n) is 3.82. The van der Waals surface area contributed by atoms with Gasteiger partial charge >= 0.3 is 0 Å². The van der Waals surface area contributed by atoms with Crippen LogP contribution in [-0.2, 0) is 23.1 Å². The smallest absolute Gasteiger partial charge is 0.253 e. The topological polar surface area (TPSA) is 69.7 Å². The number of amides is 1. The average Bonchev–Trinajstić information content (AvgIpc) is 2.82. The number of nitrogens with one attached hydrogen (secondary N) is 1. The molecule has 180 valence electrons. The SMILES string of the molecule is CCCN(CCN(Cc1ccccc1)Cc1ccccc1)C(=O)c1ccc(NS(C)(=O)=O)cc1. The van der Waals surface area contributed by atoms with Crippen LogP contribution in [0.2, 0.25) is 0 Å². The summed E-state index contributed by atoms with van der Waals surface area (Å²) >= 11 is 0. The minimum absolute atomic E-state index is 0.0490. The van der Waals surface area contributed by atoms with E-state index in [-0.39, 0.29) is 5.91 Å². The van der Waals surface area contributed by atoms with E-state index in [1.54, 1.807) is 24.3 Å². The van der Waals surface area contributed by atoms with Crippen LogP contribution in [0.4, 0.5) is 5.69 Å². The number of carbonyl (C=O) groups excluding carboxylic acids is 1. The molecule has 3 aromatic carbocycles. The van der Waals surface area contributed by atoms with Crippen molar-refractivity contribution in [1.29, 1.82) is 0 Å². The summed E-state index contributed by atoms with van der Waals surface area (Å²) in [6.07, 6.45) is 1.96. The normalized spacial score (nSPS) is 11.4. The van der Waals surface area contributed by atoms with E-state index in [1.807, 2.05) is 41.3 Å². The van der Waals surface area contributed by atoms with E-state index >= 15 is 0 Å². The Hall–Kier alpha value is -3.16. The first-order chi connectivity index (χ1) is 16.3. The van der Waals surface area contributed by atoms with E-state index in [1.165, 1.54) is 11.1 Å². The first kappa shape index (κ1) is 25.5. The van der Waals surface area contributed by atoms with Crippen LogP contribution in [-0.4, -0.2) is 50.0 Å². The van der Waals surface area contributed by atoms with Crippen molar-refractivity contribution in [2.24, 2.45) is 0 Å². The first-order valence-corrected chi connectivity index (χ1v) is 13.4. The Bertz CT molecular complexity index is 1090. The van der Waals surface area contributed by atoms with Gasteiger partial charge in [0.15, 0.2) is 0 Å². The molecule has 1 N–H and O–H groups in total. The van der Waals surface area contributed by atoms with Crippen molar-refractivity contribution in [2.75, 3.05) is 30.6 Å². The number of anilines is 1. The highest BCUT2D eigenvalue weighted by molar-refractivity contribution is 7.92. The van der Waals surface area contributed by atoms with E-state index < -0.39 is 10.0 Å². The molecule has 0 bridgehead atoms. The zero-order chi connectivity index (χ0) is 24.4. The van der Waals surface area contributed by atoms with Crippen molar-refractivity contribution in [3.05, 3.63) is 102 Å². The Morgan fingerprint density at radius 2 is 1.29 bits per heavy atom.